The zero-order valence-electron chi connectivity index (χ0n) is 25.1. The van der Waals surface area contributed by atoms with Gasteiger partial charge in [-0.1, -0.05) is 102 Å². The van der Waals surface area contributed by atoms with Crippen LogP contribution in [0.2, 0.25) is 10.0 Å². The predicted molar refractivity (Wildman–Crippen MR) is 191 cm³/mol. The Hall–Kier alpha value is -5.56. The van der Waals surface area contributed by atoms with E-state index in [0.29, 0.717) is 65.7 Å². The van der Waals surface area contributed by atoms with E-state index in [1.807, 2.05) is 104 Å². The second kappa shape index (κ2) is 12.7. The van der Waals surface area contributed by atoms with Crippen molar-refractivity contribution in [3.05, 3.63) is 154 Å². The molecule has 0 unspecified atom stereocenters. The Bertz CT molecular complexity index is 2360. The second-order valence-electron chi connectivity index (χ2n) is 11.1. The number of nitrogens with one attached hydrogen (secondary N) is 2. The first-order valence-electron chi connectivity index (χ1n) is 14.9. The van der Waals surface area contributed by atoms with Crippen LogP contribution in [0.1, 0.15) is 26.3 Å². The number of anilines is 2. The lowest BCUT2D eigenvalue weighted by atomic mass is 10.0. The van der Waals surface area contributed by atoms with Crippen molar-refractivity contribution < 1.29 is 9.59 Å². The van der Waals surface area contributed by atoms with E-state index in [1.165, 1.54) is 0 Å². The third kappa shape index (κ3) is 6.04. The molecule has 7 rings (SSSR count). The van der Waals surface area contributed by atoms with Crippen LogP contribution in [0.5, 0.6) is 0 Å². The lowest BCUT2D eigenvalue weighted by Gasteiger charge is -2.16. The summed E-state index contributed by atoms with van der Waals surface area (Å²) in [4.78, 5) is 37.6. The average Bonchev–Trinajstić information content (AvgIpc) is 3.08. The van der Waals surface area contributed by atoms with Crippen molar-refractivity contribution in [2.75, 3.05) is 10.6 Å². The normalized spacial score (nSPS) is 11.0. The van der Waals surface area contributed by atoms with Gasteiger partial charge < -0.3 is 10.6 Å². The van der Waals surface area contributed by atoms with Crippen molar-refractivity contribution in [3.63, 3.8) is 0 Å². The fourth-order valence-electron chi connectivity index (χ4n) is 5.59. The highest BCUT2D eigenvalue weighted by atomic mass is 35.5. The van der Waals surface area contributed by atoms with Gasteiger partial charge in [0.05, 0.1) is 44.9 Å². The van der Waals surface area contributed by atoms with E-state index >= 15 is 0 Å². The number of aryl methyl sites for hydroxylation is 1. The van der Waals surface area contributed by atoms with E-state index in [4.69, 9.17) is 33.2 Å². The minimum absolute atomic E-state index is 0.353. The summed E-state index contributed by atoms with van der Waals surface area (Å²) >= 11 is 13.0. The Kier molecular flexibility index (Phi) is 8.12. The molecule has 0 aliphatic rings. The summed E-state index contributed by atoms with van der Waals surface area (Å²) in [6, 6.07) is 38.7. The van der Waals surface area contributed by atoms with E-state index < -0.39 is 0 Å². The molecule has 2 N–H and O–H groups in total. The first-order chi connectivity index (χ1) is 22.9. The molecule has 2 heterocycles. The lowest BCUT2D eigenvalue weighted by molar-refractivity contribution is 0.101. The SMILES string of the molecule is Cc1ccc(NC(=O)c2cc(-c3ccccc3Cl)nc3ccccc23)c(NC(=O)c2cc(-c3ccccc3Cl)nc3ccccc23)c1. The molecule has 2 amide bonds. The number of carbonyl (C=O) groups is 2. The summed E-state index contributed by atoms with van der Waals surface area (Å²) < 4.78 is 0. The van der Waals surface area contributed by atoms with Crippen molar-refractivity contribution in [2.45, 2.75) is 6.92 Å². The number of aromatic nitrogens is 2. The minimum atomic E-state index is -0.355. The highest BCUT2D eigenvalue weighted by Crippen LogP contribution is 2.33. The van der Waals surface area contributed by atoms with Crippen LogP contribution in [0.25, 0.3) is 44.3 Å². The van der Waals surface area contributed by atoms with Gasteiger partial charge in [0.25, 0.3) is 11.8 Å². The summed E-state index contributed by atoms with van der Waals surface area (Å²) in [7, 11) is 0. The molecule has 0 saturated heterocycles. The van der Waals surface area contributed by atoms with Crippen LogP contribution in [-0.4, -0.2) is 21.8 Å². The molecule has 228 valence electrons. The number of nitrogens with zero attached hydrogens (tertiary/aromatic N) is 2. The number of hydrogen-bond donors (Lipinski definition) is 2. The Morgan fingerprint density at radius 3 is 1.49 bits per heavy atom. The number of carbonyl (C=O) groups excluding carboxylic acids is 2. The van der Waals surface area contributed by atoms with E-state index in [1.54, 1.807) is 30.3 Å². The van der Waals surface area contributed by atoms with Crippen LogP contribution in [0.3, 0.4) is 0 Å². The van der Waals surface area contributed by atoms with Gasteiger partial charge in [0, 0.05) is 31.9 Å². The number of para-hydroxylation sites is 2. The third-order valence-corrected chi connectivity index (χ3v) is 8.55. The standard InChI is InChI=1S/C39H26Cl2N4O2/c1-23-18-19-34(44-38(46)28-21-35(26-12-2-6-14-30(26)40)42-32-16-8-4-10-24(28)32)37(20-23)45-39(47)29-22-36(27-13-3-7-15-31(27)41)43-33-17-9-5-11-25(29)33/h2-22H,1H3,(H,44,46)(H,45,47). The van der Waals surface area contributed by atoms with E-state index in [-0.39, 0.29) is 11.8 Å². The first kappa shape index (κ1) is 30.1. The van der Waals surface area contributed by atoms with Gasteiger partial charge in [0.1, 0.15) is 0 Å². The molecule has 6 nitrogen and oxygen atoms in total. The number of pyridine rings is 2. The van der Waals surface area contributed by atoms with Gasteiger partial charge in [-0.05, 0) is 61.0 Å². The van der Waals surface area contributed by atoms with Crippen LogP contribution in [0, 0.1) is 6.92 Å². The highest BCUT2D eigenvalue weighted by molar-refractivity contribution is 6.33. The van der Waals surface area contributed by atoms with Gasteiger partial charge in [-0.3, -0.25) is 9.59 Å². The maximum atomic E-state index is 14.0. The largest absolute Gasteiger partial charge is 0.320 e. The van der Waals surface area contributed by atoms with Crippen LogP contribution in [0.4, 0.5) is 11.4 Å². The molecule has 8 heteroatoms. The zero-order valence-corrected chi connectivity index (χ0v) is 26.6. The number of benzene rings is 5. The smallest absolute Gasteiger partial charge is 0.256 e. The molecule has 0 spiro atoms. The van der Waals surface area contributed by atoms with Crippen molar-refractivity contribution in [3.8, 4) is 22.5 Å². The Labute approximate surface area is 281 Å². The first-order valence-corrected chi connectivity index (χ1v) is 15.6. The number of hydrogen-bond acceptors (Lipinski definition) is 4. The molecule has 0 aliphatic heterocycles. The summed E-state index contributed by atoms with van der Waals surface area (Å²) in [5.41, 5.74) is 6.57. The maximum absolute atomic E-state index is 14.0. The van der Waals surface area contributed by atoms with Gasteiger partial charge in [0.2, 0.25) is 0 Å². The number of fused-ring (bicyclic) bond motifs is 2. The van der Waals surface area contributed by atoms with E-state index in [9.17, 15) is 9.59 Å². The van der Waals surface area contributed by atoms with Crippen molar-refractivity contribution >= 4 is 68.2 Å². The molecule has 5 aromatic carbocycles. The van der Waals surface area contributed by atoms with Gasteiger partial charge in [-0.2, -0.15) is 0 Å². The summed E-state index contributed by atoms with van der Waals surface area (Å²) in [5, 5.41) is 8.53. The third-order valence-electron chi connectivity index (χ3n) is 7.89. The summed E-state index contributed by atoms with van der Waals surface area (Å²) in [5.74, 6) is -0.708. The number of amides is 2. The fraction of sp³-hybridized carbons (Fsp3) is 0.0256. The molecule has 0 aliphatic carbocycles. The van der Waals surface area contributed by atoms with E-state index in [2.05, 4.69) is 10.6 Å². The van der Waals surface area contributed by atoms with Gasteiger partial charge >= 0.3 is 0 Å². The van der Waals surface area contributed by atoms with Crippen molar-refractivity contribution in [2.24, 2.45) is 0 Å². The maximum Gasteiger partial charge on any atom is 0.256 e. The van der Waals surface area contributed by atoms with Crippen LogP contribution in [0.15, 0.2) is 127 Å². The monoisotopic (exact) mass is 652 g/mol. The Morgan fingerprint density at radius 1 is 0.532 bits per heavy atom. The van der Waals surface area contributed by atoms with Gasteiger partial charge in [-0.15, -0.1) is 0 Å². The molecule has 7 aromatic rings. The lowest BCUT2D eigenvalue weighted by Crippen LogP contribution is -2.18. The van der Waals surface area contributed by atoms with Gasteiger partial charge in [0.15, 0.2) is 0 Å². The molecule has 2 aromatic heterocycles. The molecule has 0 bridgehead atoms. The number of halogens is 2. The van der Waals surface area contributed by atoms with Crippen LogP contribution in [-0.2, 0) is 0 Å². The van der Waals surface area contributed by atoms with E-state index in [0.717, 1.165) is 16.7 Å². The average molecular weight is 654 g/mol. The molecular formula is C39H26Cl2N4O2. The number of rotatable bonds is 6. The fourth-order valence-corrected chi connectivity index (χ4v) is 6.06. The highest BCUT2D eigenvalue weighted by Gasteiger charge is 2.20. The summed E-state index contributed by atoms with van der Waals surface area (Å²) in [6.45, 7) is 1.92. The minimum Gasteiger partial charge on any atom is -0.320 e. The molecule has 0 radical (unpaired) electrons. The van der Waals surface area contributed by atoms with Crippen molar-refractivity contribution in [1.29, 1.82) is 0 Å². The topological polar surface area (TPSA) is 84.0 Å². The van der Waals surface area contributed by atoms with Gasteiger partial charge in [-0.25, -0.2) is 9.97 Å². The molecule has 0 saturated carbocycles. The Balaban J connectivity index is 1.26. The van der Waals surface area contributed by atoms with Crippen LogP contribution >= 0.6 is 23.2 Å². The Morgan fingerprint density at radius 2 is 0.979 bits per heavy atom. The summed E-state index contributed by atoms with van der Waals surface area (Å²) in [6.07, 6.45) is 0. The van der Waals surface area contributed by atoms with Crippen LogP contribution < -0.4 is 10.6 Å². The molecule has 47 heavy (non-hydrogen) atoms. The predicted octanol–water partition coefficient (Wildman–Crippen LogP) is 10.2. The second-order valence-corrected chi connectivity index (χ2v) is 11.9. The molecule has 0 fully saturated rings. The van der Waals surface area contributed by atoms with Crippen molar-refractivity contribution in [1.82, 2.24) is 9.97 Å². The molecule has 0 atom stereocenters. The molecular weight excluding hydrogens is 627 g/mol. The quantitative estimate of drug-likeness (QED) is 0.187. The zero-order chi connectivity index (χ0) is 32.5.